The van der Waals surface area contributed by atoms with E-state index in [0.29, 0.717) is 17.1 Å². The molecule has 0 aliphatic heterocycles. The molecule has 2 aromatic carbocycles. The van der Waals surface area contributed by atoms with Gasteiger partial charge in [0.15, 0.2) is 0 Å². The van der Waals surface area contributed by atoms with Gasteiger partial charge in [0.05, 0.1) is 18.3 Å². The van der Waals surface area contributed by atoms with Crippen molar-refractivity contribution < 1.29 is 23.7 Å². The summed E-state index contributed by atoms with van der Waals surface area (Å²) < 4.78 is 29.5. The Morgan fingerprint density at radius 1 is 1.00 bits per heavy atom. The highest BCUT2D eigenvalue weighted by Crippen LogP contribution is 2.28. The molecule has 0 aliphatic rings. The van der Waals surface area contributed by atoms with Gasteiger partial charge in [0.2, 0.25) is 5.88 Å². The molecule has 0 saturated heterocycles. The molecule has 35 heavy (non-hydrogen) atoms. The molecule has 6 nitrogen and oxygen atoms in total. The molecule has 182 valence electrons. The lowest BCUT2D eigenvalue weighted by atomic mass is 10.0. The molecule has 4 aromatic rings. The normalized spacial score (nSPS) is 10.6. The van der Waals surface area contributed by atoms with Gasteiger partial charge in [0, 0.05) is 42.1 Å². The first-order valence-corrected chi connectivity index (χ1v) is 10.5. The second kappa shape index (κ2) is 13.0. The van der Waals surface area contributed by atoms with Gasteiger partial charge in [-0.15, -0.1) is 0 Å². The van der Waals surface area contributed by atoms with Crippen LogP contribution in [-0.4, -0.2) is 40.5 Å². The number of hydrogen-bond donors (Lipinski definition) is 3. The molecule has 0 radical (unpaired) electrons. The summed E-state index contributed by atoms with van der Waals surface area (Å²) in [5.41, 5.74) is 10.4. The number of halogens is 2. The Morgan fingerprint density at radius 2 is 1.74 bits per heavy atom. The lowest BCUT2D eigenvalue weighted by Crippen LogP contribution is -1.96. The van der Waals surface area contributed by atoms with E-state index in [1.165, 1.54) is 19.2 Å². The zero-order valence-electron chi connectivity index (χ0n) is 19.9. The van der Waals surface area contributed by atoms with Crippen molar-refractivity contribution in [2.24, 2.45) is 0 Å². The van der Waals surface area contributed by atoms with Gasteiger partial charge in [0.25, 0.3) is 0 Å². The maximum atomic E-state index is 12.3. The molecule has 0 saturated carbocycles. The van der Waals surface area contributed by atoms with Crippen LogP contribution in [0.1, 0.15) is 18.1 Å². The zero-order chi connectivity index (χ0) is 26.0. The highest BCUT2D eigenvalue weighted by atomic mass is 19.1. The van der Waals surface area contributed by atoms with E-state index in [0.717, 1.165) is 40.8 Å². The Hall–Kier alpha value is -4.06. The van der Waals surface area contributed by atoms with E-state index in [9.17, 15) is 13.9 Å². The van der Waals surface area contributed by atoms with Gasteiger partial charge in [-0.05, 0) is 55.3 Å². The topological polar surface area (TPSA) is 101 Å². The second-order valence-electron chi connectivity index (χ2n) is 7.25. The number of methoxy groups -OCH3 is 1. The van der Waals surface area contributed by atoms with Crippen molar-refractivity contribution >= 4 is 16.6 Å². The Morgan fingerprint density at radius 3 is 2.34 bits per heavy atom. The smallest absolute Gasteiger partial charge is 0.236 e. The molecule has 4 N–H and O–H groups in total. The van der Waals surface area contributed by atoms with Gasteiger partial charge in [-0.1, -0.05) is 24.0 Å². The van der Waals surface area contributed by atoms with Crippen molar-refractivity contribution in [1.29, 1.82) is 0 Å². The molecule has 0 fully saturated rings. The first-order chi connectivity index (χ1) is 16.8. The summed E-state index contributed by atoms with van der Waals surface area (Å²) in [6, 6.07) is 13.1. The third-order valence-electron chi connectivity index (χ3n) is 4.70. The lowest BCUT2D eigenvalue weighted by molar-refractivity contribution is 0.253. The maximum absolute atomic E-state index is 12.3. The fourth-order valence-electron chi connectivity index (χ4n) is 2.98. The summed E-state index contributed by atoms with van der Waals surface area (Å²) in [6.07, 6.45) is 2.75. The minimum atomic E-state index is -0.679. The molecule has 2 aromatic heterocycles. The standard InChI is InChI=1S/C19H17N3O2.C7H6F2.CH4O/c1-12(23)3-4-13-7-8-21-18-6-5-14(9-16(13)18)15-10-17(20)19(24-2)22-11-15;1-5-2-3-6(8)4-7(5)9;1-2/h5-12,23H,20H2,1-2H3;2-4H,1H3;2H,1H3. The Balaban J connectivity index is 0.000000329. The minimum Gasteiger partial charge on any atom is -0.480 e. The summed E-state index contributed by atoms with van der Waals surface area (Å²) in [5, 5.41) is 17.3. The van der Waals surface area contributed by atoms with Crippen molar-refractivity contribution in [3.63, 3.8) is 0 Å². The van der Waals surface area contributed by atoms with Crippen LogP contribution < -0.4 is 10.5 Å². The number of nitrogens with two attached hydrogens (primary N) is 1. The first-order valence-electron chi connectivity index (χ1n) is 10.5. The summed E-state index contributed by atoms with van der Waals surface area (Å²) in [5.74, 6) is 5.15. The number of nitrogens with zero attached hydrogens (tertiary/aromatic N) is 2. The van der Waals surface area contributed by atoms with Crippen LogP contribution in [0.4, 0.5) is 14.5 Å². The fraction of sp³-hybridized carbons (Fsp3) is 0.185. The highest BCUT2D eigenvalue weighted by Gasteiger charge is 2.07. The monoisotopic (exact) mass is 479 g/mol. The van der Waals surface area contributed by atoms with E-state index in [4.69, 9.17) is 15.6 Å². The quantitative estimate of drug-likeness (QED) is 0.366. The molecule has 8 heteroatoms. The Labute approximate surface area is 203 Å². The van der Waals surface area contributed by atoms with Gasteiger partial charge in [0.1, 0.15) is 17.7 Å². The Kier molecular flexibility index (Phi) is 10.1. The molecular weight excluding hydrogens is 452 g/mol. The number of fused-ring (bicyclic) bond motifs is 1. The van der Waals surface area contributed by atoms with Crippen LogP contribution in [0, 0.1) is 30.4 Å². The van der Waals surface area contributed by atoms with E-state index in [1.807, 2.05) is 30.3 Å². The van der Waals surface area contributed by atoms with E-state index in [2.05, 4.69) is 21.8 Å². The number of aryl methyl sites for hydroxylation is 1. The predicted molar refractivity (Wildman–Crippen MR) is 134 cm³/mol. The third-order valence-corrected chi connectivity index (χ3v) is 4.70. The van der Waals surface area contributed by atoms with Crippen LogP contribution in [0.25, 0.3) is 22.0 Å². The van der Waals surface area contributed by atoms with Crippen LogP contribution >= 0.6 is 0 Å². The first kappa shape index (κ1) is 27.2. The number of aliphatic hydroxyl groups is 2. The molecule has 2 heterocycles. The van der Waals surface area contributed by atoms with Crippen LogP contribution in [-0.2, 0) is 0 Å². The lowest BCUT2D eigenvalue weighted by Gasteiger charge is -2.08. The molecule has 0 aliphatic carbocycles. The number of nitrogen functional groups attached to an aromatic ring is 1. The fourth-order valence-corrected chi connectivity index (χ4v) is 2.98. The Bertz CT molecular complexity index is 1350. The van der Waals surface area contributed by atoms with Crippen molar-refractivity contribution in [1.82, 2.24) is 9.97 Å². The molecule has 1 unspecified atom stereocenters. The maximum Gasteiger partial charge on any atom is 0.236 e. The van der Waals surface area contributed by atoms with Crippen molar-refractivity contribution in [3.8, 4) is 28.8 Å². The molecule has 0 spiro atoms. The van der Waals surface area contributed by atoms with Gasteiger partial charge in [-0.3, -0.25) is 4.98 Å². The van der Waals surface area contributed by atoms with Gasteiger partial charge in [-0.2, -0.15) is 0 Å². The summed E-state index contributed by atoms with van der Waals surface area (Å²) in [7, 11) is 2.53. The summed E-state index contributed by atoms with van der Waals surface area (Å²) in [6.45, 7) is 3.22. The highest BCUT2D eigenvalue weighted by molar-refractivity contribution is 5.89. The number of aromatic nitrogens is 2. The molecule has 0 amide bonds. The van der Waals surface area contributed by atoms with E-state index in [-0.39, 0.29) is 0 Å². The average molecular weight is 480 g/mol. The van der Waals surface area contributed by atoms with Crippen LogP contribution in [0.15, 0.2) is 60.9 Å². The van der Waals surface area contributed by atoms with E-state index >= 15 is 0 Å². The zero-order valence-corrected chi connectivity index (χ0v) is 19.9. The van der Waals surface area contributed by atoms with Crippen LogP contribution in [0.3, 0.4) is 0 Å². The molecule has 0 bridgehead atoms. The second-order valence-corrected chi connectivity index (χ2v) is 7.25. The number of ether oxygens (including phenoxy) is 1. The number of benzene rings is 2. The summed E-state index contributed by atoms with van der Waals surface area (Å²) >= 11 is 0. The predicted octanol–water partition coefficient (Wildman–Crippen LogP) is 4.50. The van der Waals surface area contributed by atoms with E-state index < -0.39 is 17.7 Å². The number of aliphatic hydroxyl groups excluding tert-OH is 2. The van der Waals surface area contributed by atoms with Gasteiger partial charge in [-0.25, -0.2) is 13.8 Å². The van der Waals surface area contributed by atoms with Crippen molar-refractivity contribution in [3.05, 3.63) is 83.7 Å². The SMILES string of the molecule is CO.COc1ncc(-c2ccc3nccc(C#CC(C)O)c3c2)cc1N.Cc1ccc(F)cc1F. The van der Waals surface area contributed by atoms with E-state index in [1.54, 1.807) is 26.2 Å². The third kappa shape index (κ3) is 7.47. The van der Waals surface area contributed by atoms with Crippen molar-refractivity contribution in [2.75, 3.05) is 20.0 Å². The number of hydrogen-bond acceptors (Lipinski definition) is 6. The minimum absolute atomic E-state index is 0.407. The summed E-state index contributed by atoms with van der Waals surface area (Å²) in [4.78, 5) is 8.57. The number of pyridine rings is 2. The van der Waals surface area contributed by atoms with Crippen molar-refractivity contribution in [2.45, 2.75) is 20.0 Å². The molecule has 4 rings (SSSR count). The van der Waals surface area contributed by atoms with Gasteiger partial charge >= 0.3 is 0 Å². The largest absolute Gasteiger partial charge is 0.480 e. The van der Waals surface area contributed by atoms with Crippen LogP contribution in [0.2, 0.25) is 0 Å². The van der Waals surface area contributed by atoms with Gasteiger partial charge < -0.3 is 20.7 Å². The number of rotatable bonds is 2. The average Bonchev–Trinajstić information content (AvgIpc) is 2.86. The molecular formula is C27H27F2N3O3. The van der Waals surface area contributed by atoms with Crippen LogP contribution in [0.5, 0.6) is 5.88 Å². The number of anilines is 1. The molecule has 1 atom stereocenters.